The number of nitrogens with one attached hydrogen (secondary N) is 2. The summed E-state index contributed by atoms with van der Waals surface area (Å²) in [6.07, 6.45) is 0.340. The average molecular weight is 260 g/mol. The molecule has 7 nitrogen and oxygen atoms in total. The Morgan fingerprint density at radius 3 is 2.28 bits per heavy atom. The maximum absolute atomic E-state index is 11.4. The molecule has 0 rings (SSSR count). The van der Waals surface area contributed by atoms with Crippen LogP contribution >= 0.6 is 0 Å². The molecule has 0 radical (unpaired) electrons. The lowest BCUT2D eigenvalue weighted by Gasteiger charge is -2.16. The fourth-order valence-corrected chi connectivity index (χ4v) is 1.30. The van der Waals surface area contributed by atoms with Crippen LogP contribution in [0.25, 0.3) is 0 Å². The molecule has 0 bridgehead atoms. The fourth-order valence-electron chi connectivity index (χ4n) is 1.30. The van der Waals surface area contributed by atoms with Gasteiger partial charge in [0, 0.05) is 7.11 Å². The average Bonchev–Trinajstić information content (AvgIpc) is 2.25. The molecule has 0 aliphatic carbocycles. The molecule has 2 amide bonds. The van der Waals surface area contributed by atoms with Crippen molar-refractivity contribution < 1.29 is 24.2 Å². The molecule has 18 heavy (non-hydrogen) atoms. The van der Waals surface area contributed by atoms with Crippen LogP contribution in [0.1, 0.15) is 20.3 Å². The molecule has 0 saturated carbocycles. The van der Waals surface area contributed by atoms with Gasteiger partial charge < -0.3 is 20.5 Å². The van der Waals surface area contributed by atoms with Crippen LogP contribution in [0.4, 0.5) is 0 Å². The van der Waals surface area contributed by atoms with Gasteiger partial charge in [0.05, 0.1) is 6.54 Å². The number of hydrogen-bond donors (Lipinski definition) is 3. The van der Waals surface area contributed by atoms with Crippen LogP contribution in [0.3, 0.4) is 0 Å². The molecule has 0 heterocycles. The van der Waals surface area contributed by atoms with Crippen molar-refractivity contribution in [2.24, 2.45) is 5.92 Å². The highest BCUT2D eigenvalue weighted by atomic mass is 16.5. The zero-order valence-corrected chi connectivity index (χ0v) is 10.9. The van der Waals surface area contributed by atoms with Crippen molar-refractivity contribution in [1.29, 1.82) is 0 Å². The summed E-state index contributed by atoms with van der Waals surface area (Å²) in [7, 11) is 1.36. The number of methoxy groups -OCH3 is 1. The van der Waals surface area contributed by atoms with Crippen molar-refractivity contribution in [2.45, 2.75) is 26.3 Å². The Balaban J connectivity index is 4.10. The second-order valence-corrected chi connectivity index (χ2v) is 4.30. The number of amides is 2. The Bertz CT molecular complexity index is 304. The van der Waals surface area contributed by atoms with Gasteiger partial charge in [-0.25, -0.2) is 4.79 Å². The van der Waals surface area contributed by atoms with E-state index in [1.165, 1.54) is 7.11 Å². The van der Waals surface area contributed by atoms with E-state index < -0.39 is 23.8 Å². The van der Waals surface area contributed by atoms with Crippen molar-refractivity contribution in [2.75, 3.05) is 20.3 Å². The van der Waals surface area contributed by atoms with E-state index in [4.69, 9.17) is 5.11 Å². The standard InChI is InChI=1S/C11H20N2O5/c1-7(2)4-8(11(16)17)13-9(14)5-12-10(15)6-18-3/h7-8H,4-6H2,1-3H3,(H,12,15)(H,13,14)(H,16,17)/t8-/m0/s1. The summed E-state index contributed by atoms with van der Waals surface area (Å²) < 4.78 is 4.57. The van der Waals surface area contributed by atoms with Crippen molar-refractivity contribution in [3.8, 4) is 0 Å². The molecule has 0 aromatic heterocycles. The summed E-state index contributed by atoms with van der Waals surface area (Å²) in [6.45, 7) is 3.33. The van der Waals surface area contributed by atoms with E-state index in [2.05, 4.69) is 15.4 Å². The molecule has 0 aliphatic rings. The zero-order chi connectivity index (χ0) is 14.1. The molecule has 7 heteroatoms. The van der Waals surface area contributed by atoms with Gasteiger partial charge >= 0.3 is 5.97 Å². The summed E-state index contributed by atoms with van der Waals surface area (Å²) >= 11 is 0. The number of carbonyl (C=O) groups is 3. The van der Waals surface area contributed by atoms with Crippen molar-refractivity contribution >= 4 is 17.8 Å². The SMILES string of the molecule is COCC(=O)NCC(=O)N[C@@H](CC(C)C)C(=O)O. The van der Waals surface area contributed by atoms with E-state index in [-0.39, 0.29) is 19.1 Å². The van der Waals surface area contributed by atoms with Crippen LogP contribution in [0.15, 0.2) is 0 Å². The molecule has 0 aliphatic heterocycles. The van der Waals surface area contributed by atoms with Crippen LogP contribution in [-0.4, -0.2) is 49.2 Å². The number of carboxylic acid groups (broad SMARTS) is 1. The quantitative estimate of drug-likeness (QED) is 0.538. The number of hydrogen-bond acceptors (Lipinski definition) is 4. The summed E-state index contributed by atoms with van der Waals surface area (Å²) in [5, 5.41) is 13.6. The van der Waals surface area contributed by atoms with Crippen LogP contribution < -0.4 is 10.6 Å². The van der Waals surface area contributed by atoms with Crippen LogP contribution in [0, 0.1) is 5.92 Å². The van der Waals surface area contributed by atoms with E-state index >= 15 is 0 Å². The maximum Gasteiger partial charge on any atom is 0.326 e. The van der Waals surface area contributed by atoms with Crippen molar-refractivity contribution in [1.82, 2.24) is 10.6 Å². The van der Waals surface area contributed by atoms with Gasteiger partial charge in [0.1, 0.15) is 12.6 Å². The topological polar surface area (TPSA) is 105 Å². The molecule has 1 atom stereocenters. The second-order valence-electron chi connectivity index (χ2n) is 4.30. The Morgan fingerprint density at radius 1 is 1.22 bits per heavy atom. The summed E-state index contributed by atoms with van der Waals surface area (Å²) in [5.41, 5.74) is 0. The minimum Gasteiger partial charge on any atom is -0.480 e. The Morgan fingerprint density at radius 2 is 1.83 bits per heavy atom. The Labute approximate surface area is 106 Å². The highest BCUT2D eigenvalue weighted by Gasteiger charge is 2.20. The van der Waals surface area contributed by atoms with Gasteiger partial charge in [-0.05, 0) is 12.3 Å². The first-order valence-corrected chi connectivity index (χ1v) is 5.64. The van der Waals surface area contributed by atoms with E-state index in [1.807, 2.05) is 13.8 Å². The van der Waals surface area contributed by atoms with E-state index in [1.54, 1.807) is 0 Å². The van der Waals surface area contributed by atoms with E-state index in [0.717, 1.165) is 0 Å². The maximum atomic E-state index is 11.4. The number of carbonyl (C=O) groups excluding carboxylic acids is 2. The molecule has 0 aromatic carbocycles. The van der Waals surface area contributed by atoms with Crippen molar-refractivity contribution in [3.63, 3.8) is 0 Å². The molecule has 104 valence electrons. The fraction of sp³-hybridized carbons (Fsp3) is 0.727. The molecular formula is C11H20N2O5. The largest absolute Gasteiger partial charge is 0.480 e. The first kappa shape index (κ1) is 16.4. The Hall–Kier alpha value is -1.63. The van der Waals surface area contributed by atoms with E-state index in [9.17, 15) is 14.4 Å². The third kappa shape index (κ3) is 7.61. The highest BCUT2D eigenvalue weighted by molar-refractivity contribution is 5.88. The van der Waals surface area contributed by atoms with Crippen LogP contribution in [-0.2, 0) is 19.1 Å². The predicted octanol–water partition coefficient (Wildman–Crippen LogP) is -0.635. The summed E-state index contributed by atoms with van der Waals surface area (Å²) in [4.78, 5) is 33.3. The van der Waals surface area contributed by atoms with E-state index in [0.29, 0.717) is 6.42 Å². The van der Waals surface area contributed by atoms with Gasteiger partial charge in [-0.15, -0.1) is 0 Å². The normalized spacial score (nSPS) is 12.0. The number of aliphatic carboxylic acids is 1. The van der Waals surface area contributed by atoms with Crippen LogP contribution in [0.2, 0.25) is 0 Å². The third-order valence-electron chi connectivity index (χ3n) is 2.06. The predicted molar refractivity (Wildman–Crippen MR) is 63.9 cm³/mol. The minimum absolute atomic E-state index is 0.137. The minimum atomic E-state index is -1.08. The molecule has 0 fully saturated rings. The molecule has 0 spiro atoms. The van der Waals surface area contributed by atoms with Gasteiger partial charge in [-0.2, -0.15) is 0 Å². The Kier molecular flexibility index (Phi) is 7.69. The monoisotopic (exact) mass is 260 g/mol. The smallest absolute Gasteiger partial charge is 0.326 e. The number of rotatable bonds is 8. The molecule has 0 saturated heterocycles. The molecule has 0 unspecified atom stereocenters. The van der Waals surface area contributed by atoms with Gasteiger partial charge in [-0.3, -0.25) is 9.59 Å². The lowest BCUT2D eigenvalue weighted by atomic mass is 10.0. The van der Waals surface area contributed by atoms with Gasteiger partial charge in [0.25, 0.3) is 0 Å². The first-order chi connectivity index (χ1) is 8.36. The van der Waals surface area contributed by atoms with Gasteiger partial charge in [0.2, 0.25) is 11.8 Å². The zero-order valence-electron chi connectivity index (χ0n) is 10.9. The first-order valence-electron chi connectivity index (χ1n) is 5.64. The third-order valence-corrected chi connectivity index (χ3v) is 2.06. The number of carboxylic acids is 1. The lowest BCUT2D eigenvalue weighted by Crippen LogP contribution is -2.46. The molecular weight excluding hydrogens is 240 g/mol. The highest BCUT2D eigenvalue weighted by Crippen LogP contribution is 2.04. The summed E-state index contributed by atoms with van der Waals surface area (Å²) in [5.74, 6) is -1.90. The summed E-state index contributed by atoms with van der Waals surface area (Å²) in [6, 6.07) is -0.933. The molecule has 0 aromatic rings. The van der Waals surface area contributed by atoms with Crippen molar-refractivity contribution in [3.05, 3.63) is 0 Å². The number of ether oxygens (including phenoxy) is 1. The molecule has 3 N–H and O–H groups in total. The van der Waals surface area contributed by atoms with Crippen LogP contribution in [0.5, 0.6) is 0 Å². The van der Waals surface area contributed by atoms with Gasteiger partial charge in [-0.1, -0.05) is 13.8 Å². The lowest BCUT2D eigenvalue weighted by molar-refractivity contribution is -0.142. The second kappa shape index (κ2) is 8.46. The van der Waals surface area contributed by atoms with Gasteiger partial charge in [0.15, 0.2) is 0 Å².